The topological polar surface area (TPSA) is 90.5 Å². The summed E-state index contributed by atoms with van der Waals surface area (Å²) in [6, 6.07) is 2.58. The van der Waals surface area contributed by atoms with E-state index in [1.165, 1.54) is 4.90 Å². The van der Waals surface area contributed by atoms with Gasteiger partial charge in [-0.1, -0.05) is 0 Å². The van der Waals surface area contributed by atoms with Gasteiger partial charge in [0.1, 0.15) is 0 Å². The average molecular weight is 394 g/mol. The van der Waals surface area contributed by atoms with Crippen molar-refractivity contribution in [1.29, 1.82) is 0 Å². The lowest BCUT2D eigenvalue weighted by Gasteiger charge is -2.34. The number of carbonyl (C=O) groups is 2. The van der Waals surface area contributed by atoms with Crippen LogP contribution in [0.25, 0.3) is 0 Å². The number of rotatable bonds is 4. The van der Waals surface area contributed by atoms with Crippen molar-refractivity contribution in [3.63, 3.8) is 0 Å². The number of anilines is 2. The number of urea groups is 1. The molecule has 2 aromatic rings. The van der Waals surface area contributed by atoms with Gasteiger partial charge >= 0.3 is 6.03 Å². The Morgan fingerprint density at radius 2 is 1.61 bits per heavy atom. The van der Waals surface area contributed by atoms with Crippen LogP contribution in [0.5, 0.6) is 0 Å². The second-order valence-electron chi connectivity index (χ2n) is 5.98. The molecule has 2 heterocycles. The zero-order valence-electron chi connectivity index (χ0n) is 14.7. The van der Waals surface area contributed by atoms with Crippen molar-refractivity contribution in [2.45, 2.75) is 0 Å². The fourth-order valence-corrected chi connectivity index (χ4v) is 2.66. The van der Waals surface area contributed by atoms with E-state index in [4.69, 9.17) is 0 Å². The third kappa shape index (κ3) is 4.67. The number of benzene rings is 1. The van der Waals surface area contributed by atoms with Crippen LogP contribution in [-0.4, -0.2) is 59.5 Å². The Labute approximate surface area is 158 Å². The monoisotopic (exact) mass is 394 g/mol. The highest BCUT2D eigenvalue weighted by Crippen LogP contribution is 2.17. The van der Waals surface area contributed by atoms with Gasteiger partial charge in [-0.25, -0.2) is 27.9 Å². The molecule has 8 nitrogen and oxygen atoms in total. The van der Waals surface area contributed by atoms with E-state index in [1.54, 1.807) is 18.5 Å². The lowest BCUT2D eigenvalue weighted by molar-refractivity contribution is -0.115. The van der Waals surface area contributed by atoms with E-state index in [1.807, 2.05) is 4.90 Å². The molecule has 1 aliphatic heterocycles. The Hall–Kier alpha value is -3.37. The van der Waals surface area contributed by atoms with Crippen LogP contribution in [0.3, 0.4) is 0 Å². The van der Waals surface area contributed by atoms with Gasteiger partial charge in [-0.2, -0.15) is 0 Å². The van der Waals surface area contributed by atoms with Crippen molar-refractivity contribution >= 4 is 23.6 Å². The number of nitrogens with one attached hydrogen (secondary N) is 2. The Morgan fingerprint density at radius 1 is 1.00 bits per heavy atom. The molecule has 3 rings (SSSR count). The third-order valence-electron chi connectivity index (χ3n) is 4.07. The van der Waals surface area contributed by atoms with E-state index < -0.39 is 35.9 Å². The highest BCUT2D eigenvalue weighted by Gasteiger charge is 2.22. The number of halogens is 3. The molecule has 3 amide bonds. The smallest absolute Gasteiger partial charge is 0.317 e. The minimum absolute atomic E-state index is 0.243. The minimum atomic E-state index is -1.62. The van der Waals surface area contributed by atoms with Gasteiger partial charge < -0.3 is 20.4 Å². The maximum Gasteiger partial charge on any atom is 0.317 e. The lowest BCUT2D eigenvalue weighted by atomic mass is 10.3. The SMILES string of the molecule is O=C(CNC(=O)N1CCN(c2ncccn2)CC1)Nc1cc(F)c(F)c(F)c1. The molecule has 1 aliphatic rings. The van der Waals surface area contributed by atoms with Gasteiger partial charge in [-0.15, -0.1) is 0 Å². The molecule has 0 spiro atoms. The summed E-state index contributed by atoms with van der Waals surface area (Å²) in [6.45, 7) is 1.51. The third-order valence-corrected chi connectivity index (χ3v) is 4.07. The van der Waals surface area contributed by atoms with E-state index in [9.17, 15) is 22.8 Å². The predicted octanol–water partition coefficient (Wildman–Crippen LogP) is 1.36. The van der Waals surface area contributed by atoms with Gasteiger partial charge in [0.15, 0.2) is 17.5 Å². The van der Waals surface area contributed by atoms with Crippen LogP contribution >= 0.6 is 0 Å². The van der Waals surface area contributed by atoms with Crippen molar-refractivity contribution in [2.24, 2.45) is 0 Å². The van der Waals surface area contributed by atoms with Crippen molar-refractivity contribution in [1.82, 2.24) is 20.2 Å². The fourth-order valence-electron chi connectivity index (χ4n) is 2.66. The maximum atomic E-state index is 13.1. The lowest BCUT2D eigenvalue weighted by Crippen LogP contribution is -2.53. The average Bonchev–Trinajstić information content (AvgIpc) is 2.71. The van der Waals surface area contributed by atoms with Gasteiger partial charge in [-0.05, 0) is 6.07 Å². The van der Waals surface area contributed by atoms with Crippen LogP contribution in [0.2, 0.25) is 0 Å². The van der Waals surface area contributed by atoms with Crippen molar-refractivity contribution in [2.75, 3.05) is 42.9 Å². The molecule has 0 saturated carbocycles. The summed E-state index contributed by atoms with van der Waals surface area (Å²) in [5.74, 6) is -4.57. The summed E-state index contributed by atoms with van der Waals surface area (Å²) < 4.78 is 39.2. The molecule has 0 atom stereocenters. The van der Waals surface area contributed by atoms with Crippen LogP contribution in [0, 0.1) is 17.5 Å². The second kappa shape index (κ2) is 8.55. The first kappa shape index (κ1) is 19.4. The molecule has 1 saturated heterocycles. The number of hydrogen-bond donors (Lipinski definition) is 2. The van der Waals surface area contributed by atoms with Crippen LogP contribution in [0.4, 0.5) is 29.6 Å². The highest BCUT2D eigenvalue weighted by atomic mass is 19.2. The summed E-state index contributed by atoms with van der Waals surface area (Å²) >= 11 is 0. The van der Waals surface area contributed by atoms with E-state index in [-0.39, 0.29) is 5.69 Å². The Bertz CT molecular complexity index is 836. The molecule has 2 N–H and O–H groups in total. The first-order chi connectivity index (χ1) is 13.4. The molecule has 0 aliphatic carbocycles. The number of aromatic nitrogens is 2. The quantitative estimate of drug-likeness (QED) is 0.765. The van der Waals surface area contributed by atoms with E-state index in [2.05, 4.69) is 20.6 Å². The molecule has 0 unspecified atom stereocenters. The van der Waals surface area contributed by atoms with Gasteiger partial charge in [-0.3, -0.25) is 4.79 Å². The number of carbonyl (C=O) groups excluding carboxylic acids is 2. The molecule has 0 bridgehead atoms. The fraction of sp³-hybridized carbons (Fsp3) is 0.294. The Morgan fingerprint density at radius 3 is 2.21 bits per heavy atom. The molecular weight excluding hydrogens is 377 g/mol. The summed E-state index contributed by atoms with van der Waals surface area (Å²) in [7, 11) is 0. The van der Waals surface area contributed by atoms with Crippen LogP contribution in [-0.2, 0) is 4.79 Å². The van der Waals surface area contributed by atoms with E-state index in [0.717, 1.165) is 0 Å². The molecule has 1 aromatic carbocycles. The standard InChI is InChI=1S/C17H17F3N6O2/c18-12-8-11(9-13(19)15(12)20)24-14(27)10-23-17(28)26-6-4-25(5-7-26)16-21-2-1-3-22-16/h1-3,8-9H,4-7,10H2,(H,23,28)(H,24,27). The van der Waals surface area contributed by atoms with Crippen LogP contribution in [0.15, 0.2) is 30.6 Å². The molecule has 28 heavy (non-hydrogen) atoms. The molecular formula is C17H17F3N6O2. The summed E-state index contributed by atoms with van der Waals surface area (Å²) in [5.41, 5.74) is -0.243. The number of piperazine rings is 1. The highest BCUT2D eigenvalue weighted by molar-refractivity contribution is 5.94. The molecule has 148 valence electrons. The molecule has 11 heteroatoms. The molecule has 1 aromatic heterocycles. The first-order valence-electron chi connectivity index (χ1n) is 8.43. The normalized spacial score (nSPS) is 14.0. The van der Waals surface area contributed by atoms with Crippen molar-refractivity contribution in [3.8, 4) is 0 Å². The molecule has 1 fully saturated rings. The molecule has 0 radical (unpaired) electrons. The van der Waals surface area contributed by atoms with Gasteiger partial charge in [0.2, 0.25) is 11.9 Å². The van der Waals surface area contributed by atoms with Crippen LogP contribution < -0.4 is 15.5 Å². The predicted molar refractivity (Wildman–Crippen MR) is 94.2 cm³/mol. The first-order valence-corrected chi connectivity index (χ1v) is 8.43. The second-order valence-corrected chi connectivity index (χ2v) is 5.98. The zero-order chi connectivity index (χ0) is 20.1. The van der Waals surface area contributed by atoms with E-state index >= 15 is 0 Å². The summed E-state index contributed by atoms with van der Waals surface area (Å²) in [6.07, 6.45) is 3.28. The summed E-state index contributed by atoms with van der Waals surface area (Å²) in [4.78, 5) is 35.8. The number of nitrogens with zero attached hydrogens (tertiary/aromatic N) is 4. The van der Waals surface area contributed by atoms with Gasteiger partial charge in [0, 0.05) is 56.4 Å². The van der Waals surface area contributed by atoms with Crippen LogP contribution in [0.1, 0.15) is 0 Å². The van der Waals surface area contributed by atoms with Gasteiger partial charge in [0.05, 0.1) is 6.54 Å². The van der Waals surface area contributed by atoms with E-state index in [0.29, 0.717) is 44.3 Å². The summed E-state index contributed by atoms with van der Waals surface area (Å²) in [5, 5.41) is 4.63. The number of hydrogen-bond acceptors (Lipinski definition) is 5. The zero-order valence-corrected chi connectivity index (χ0v) is 14.7. The van der Waals surface area contributed by atoms with Gasteiger partial charge in [0.25, 0.3) is 0 Å². The van der Waals surface area contributed by atoms with Crippen molar-refractivity contribution in [3.05, 3.63) is 48.0 Å². The minimum Gasteiger partial charge on any atom is -0.337 e. The maximum absolute atomic E-state index is 13.1. The Kier molecular flexibility index (Phi) is 5.92. The van der Waals surface area contributed by atoms with Crippen molar-refractivity contribution < 1.29 is 22.8 Å². The Balaban J connectivity index is 1.45. The number of amides is 3. The largest absolute Gasteiger partial charge is 0.337 e.